The molecule has 0 saturated heterocycles. The first-order chi connectivity index (χ1) is 7.97. The highest BCUT2D eigenvalue weighted by Crippen LogP contribution is 2.43. The number of nitro groups is 1. The maximum absolute atomic E-state index is 10.6. The predicted octanol–water partition coefficient (Wildman–Crippen LogP) is 0.931. The van der Waals surface area contributed by atoms with Gasteiger partial charge in [0.25, 0.3) is 10.8 Å². The summed E-state index contributed by atoms with van der Waals surface area (Å²) in [4.78, 5) is 37.3. The van der Waals surface area contributed by atoms with Crippen molar-refractivity contribution in [2.75, 3.05) is 0 Å². The summed E-state index contributed by atoms with van der Waals surface area (Å²) in [6.45, 7) is 0. The molecule has 0 fully saturated rings. The minimum atomic E-state index is -1.27. The Balaban J connectivity index is 3.40. The van der Waals surface area contributed by atoms with Crippen LogP contribution in [-0.2, 0) is 0 Å². The number of rotatable bonds is 5. The van der Waals surface area contributed by atoms with Crippen molar-refractivity contribution in [3.05, 3.63) is 37.3 Å². The Labute approximate surface area is 91.4 Å². The zero-order valence-electron chi connectivity index (χ0n) is 7.80. The Bertz CT molecular complexity index is 486. The number of aromatic hydroxyl groups is 1. The second-order valence-electron chi connectivity index (χ2n) is 2.50. The molecule has 0 aromatic heterocycles. The Morgan fingerprint density at radius 1 is 1.29 bits per heavy atom. The lowest BCUT2D eigenvalue weighted by Crippen LogP contribution is -2.05. The standard InChI is InChI=1S/C6H3N3O8/c10-3-1-2-4(17-9(14)15)6(16-7-11)5(3)8(12)13/h1-2,10H. The molecule has 0 spiro atoms. The van der Waals surface area contributed by atoms with Gasteiger partial charge in [-0.15, -0.1) is 15.0 Å². The second-order valence-corrected chi connectivity index (χ2v) is 2.50. The van der Waals surface area contributed by atoms with Gasteiger partial charge in [-0.1, -0.05) is 0 Å². The molecule has 11 nitrogen and oxygen atoms in total. The van der Waals surface area contributed by atoms with E-state index in [1.165, 1.54) is 0 Å². The summed E-state index contributed by atoms with van der Waals surface area (Å²) in [5, 5.41) is 30.4. The van der Waals surface area contributed by atoms with Crippen LogP contribution in [0.4, 0.5) is 5.69 Å². The van der Waals surface area contributed by atoms with Crippen molar-refractivity contribution < 1.29 is 24.8 Å². The van der Waals surface area contributed by atoms with E-state index in [0.29, 0.717) is 0 Å². The SMILES string of the molecule is O=NOc1c(O[N+](=O)[O-])ccc(O)c1[N+](=O)[O-]. The monoisotopic (exact) mass is 245 g/mol. The number of benzene rings is 1. The van der Waals surface area contributed by atoms with E-state index in [2.05, 4.69) is 9.68 Å². The first-order valence-corrected chi connectivity index (χ1v) is 3.79. The van der Waals surface area contributed by atoms with Gasteiger partial charge in [-0.05, 0) is 12.1 Å². The largest absolute Gasteiger partial charge is 0.502 e. The van der Waals surface area contributed by atoms with Crippen molar-refractivity contribution >= 4 is 5.69 Å². The number of phenolic OH excluding ortho intramolecular Hbond substituents is 1. The van der Waals surface area contributed by atoms with Gasteiger partial charge in [-0.2, -0.15) is 0 Å². The molecule has 0 aliphatic carbocycles. The first kappa shape index (κ1) is 12.1. The van der Waals surface area contributed by atoms with E-state index >= 15 is 0 Å². The number of nitro benzene ring substituents is 1. The highest BCUT2D eigenvalue weighted by molar-refractivity contribution is 5.63. The Morgan fingerprint density at radius 2 is 1.94 bits per heavy atom. The third kappa shape index (κ3) is 2.53. The van der Waals surface area contributed by atoms with Crippen molar-refractivity contribution in [2.24, 2.45) is 5.34 Å². The third-order valence-electron chi connectivity index (χ3n) is 1.56. The topological polar surface area (TPSA) is 154 Å². The summed E-state index contributed by atoms with van der Waals surface area (Å²) in [6, 6.07) is 1.58. The Morgan fingerprint density at radius 3 is 2.41 bits per heavy atom. The van der Waals surface area contributed by atoms with Crippen molar-refractivity contribution in [1.82, 2.24) is 0 Å². The molecule has 0 saturated carbocycles. The highest BCUT2D eigenvalue weighted by atomic mass is 17.0. The minimum absolute atomic E-state index is 0.737. The zero-order valence-corrected chi connectivity index (χ0v) is 7.80. The second kappa shape index (κ2) is 4.69. The quantitative estimate of drug-likeness (QED) is 0.456. The van der Waals surface area contributed by atoms with E-state index < -0.39 is 32.9 Å². The van der Waals surface area contributed by atoms with Gasteiger partial charge in [0.1, 0.15) is 0 Å². The van der Waals surface area contributed by atoms with Crippen LogP contribution < -0.4 is 9.68 Å². The average molecular weight is 245 g/mol. The fourth-order valence-electron chi connectivity index (χ4n) is 0.996. The van der Waals surface area contributed by atoms with E-state index in [0.717, 1.165) is 12.1 Å². The van der Waals surface area contributed by atoms with Gasteiger partial charge in [-0.3, -0.25) is 15.0 Å². The normalized spacial score (nSPS) is 9.41. The van der Waals surface area contributed by atoms with Gasteiger partial charge in [0, 0.05) is 0 Å². The maximum atomic E-state index is 10.6. The molecular formula is C6H3N3O8. The first-order valence-electron chi connectivity index (χ1n) is 3.79. The van der Waals surface area contributed by atoms with Crippen LogP contribution in [0.1, 0.15) is 0 Å². The van der Waals surface area contributed by atoms with Crippen molar-refractivity contribution in [3.8, 4) is 17.2 Å². The smallest absolute Gasteiger partial charge is 0.358 e. The minimum Gasteiger partial charge on any atom is -0.502 e. The molecule has 0 bridgehead atoms. The van der Waals surface area contributed by atoms with Crippen molar-refractivity contribution in [3.63, 3.8) is 0 Å². The van der Waals surface area contributed by atoms with Crippen LogP contribution in [0.3, 0.4) is 0 Å². The van der Waals surface area contributed by atoms with Crippen LogP contribution in [0.5, 0.6) is 17.2 Å². The van der Waals surface area contributed by atoms with Gasteiger partial charge < -0.3 is 9.94 Å². The van der Waals surface area contributed by atoms with E-state index in [1.807, 2.05) is 5.34 Å². The van der Waals surface area contributed by atoms with E-state index in [4.69, 9.17) is 5.11 Å². The summed E-state index contributed by atoms with van der Waals surface area (Å²) in [7, 11) is 0. The van der Waals surface area contributed by atoms with Gasteiger partial charge in [-0.25, -0.2) is 0 Å². The van der Waals surface area contributed by atoms with E-state index in [1.54, 1.807) is 0 Å². The van der Waals surface area contributed by atoms with Crippen LogP contribution >= 0.6 is 0 Å². The highest BCUT2D eigenvalue weighted by Gasteiger charge is 2.27. The van der Waals surface area contributed by atoms with Gasteiger partial charge in [0.05, 0.1) is 4.92 Å². The van der Waals surface area contributed by atoms with Crippen LogP contribution in [0.25, 0.3) is 0 Å². The summed E-state index contributed by atoms with van der Waals surface area (Å²) in [6.07, 6.45) is 0. The van der Waals surface area contributed by atoms with E-state index in [-0.39, 0.29) is 0 Å². The van der Waals surface area contributed by atoms with Gasteiger partial charge >= 0.3 is 5.69 Å². The van der Waals surface area contributed by atoms with Gasteiger partial charge in [0.2, 0.25) is 0 Å². The number of hydrogen-bond acceptors (Lipinski definition) is 9. The molecule has 1 aromatic rings. The molecule has 11 heteroatoms. The number of hydrogen-bond donors (Lipinski definition) is 1. The van der Waals surface area contributed by atoms with Crippen molar-refractivity contribution in [1.29, 1.82) is 0 Å². The molecule has 1 N–H and O–H groups in total. The summed E-state index contributed by atoms with van der Waals surface area (Å²) < 4.78 is 0. The number of phenols is 1. The molecule has 0 atom stereocenters. The molecule has 0 heterocycles. The third-order valence-corrected chi connectivity index (χ3v) is 1.56. The predicted molar refractivity (Wildman–Crippen MR) is 48.8 cm³/mol. The summed E-state index contributed by atoms with van der Waals surface area (Å²) >= 11 is 0. The molecular weight excluding hydrogens is 242 g/mol. The molecule has 1 rings (SSSR count). The van der Waals surface area contributed by atoms with Crippen LogP contribution in [0, 0.1) is 25.1 Å². The lowest BCUT2D eigenvalue weighted by molar-refractivity contribution is -0.711. The molecule has 0 amide bonds. The Hall–Kier alpha value is -2.98. The Kier molecular flexibility index (Phi) is 3.34. The van der Waals surface area contributed by atoms with Crippen molar-refractivity contribution in [2.45, 2.75) is 0 Å². The lowest BCUT2D eigenvalue weighted by Gasteiger charge is -2.05. The van der Waals surface area contributed by atoms with Gasteiger partial charge in [0.15, 0.2) is 16.8 Å². The number of nitrogens with zero attached hydrogens (tertiary/aromatic N) is 3. The fraction of sp³-hybridized carbons (Fsp3) is 0. The van der Waals surface area contributed by atoms with Crippen LogP contribution in [0.2, 0.25) is 0 Å². The molecule has 0 radical (unpaired) electrons. The molecule has 0 aliphatic heterocycles. The molecule has 1 aromatic carbocycles. The van der Waals surface area contributed by atoms with Crippen LogP contribution in [0.15, 0.2) is 17.5 Å². The van der Waals surface area contributed by atoms with Crippen LogP contribution in [-0.4, -0.2) is 15.1 Å². The average Bonchev–Trinajstić information content (AvgIpc) is 2.21. The fourth-order valence-corrected chi connectivity index (χ4v) is 0.996. The summed E-state index contributed by atoms with van der Waals surface area (Å²) in [5.74, 6) is -2.55. The molecule has 90 valence electrons. The lowest BCUT2D eigenvalue weighted by atomic mass is 10.2. The molecule has 0 unspecified atom stereocenters. The maximum Gasteiger partial charge on any atom is 0.358 e. The van der Waals surface area contributed by atoms with E-state index in [9.17, 15) is 25.1 Å². The zero-order chi connectivity index (χ0) is 13.0. The summed E-state index contributed by atoms with van der Waals surface area (Å²) in [5.41, 5.74) is -1.07. The molecule has 0 aliphatic rings. The molecule has 17 heavy (non-hydrogen) atoms.